The fourth-order valence-corrected chi connectivity index (χ4v) is 6.46. The van der Waals surface area contributed by atoms with Crippen molar-refractivity contribution in [3.63, 3.8) is 0 Å². The van der Waals surface area contributed by atoms with Crippen molar-refractivity contribution in [2.75, 3.05) is 13.2 Å². The summed E-state index contributed by atoms with van der Waals surface area (Å²) in [7, 11) is 0. The van der Waals surface area contributed by atoms with Gasteiger partial charge in [0.05, 0.1) is 6.61 Å². The molecule has 0 aromatic heterocycles. The molecule has 0 radical (unpaired) electrons. The molecule has 3 aliphatic rings. The van der Waals surface area contributed by atoms with Gasteiger partial charge >= 0.3 is 0 Å². The minimum Gasteiger partial charge on any atom is -0.490 e. The summed E-state index contributed by atoms with van der Waals surface area (Å²) >= 11 is 0. The smallest absolute Gasteiger partial charge is 0.175 e. The Kier molecular flexibility index (Phi) is 3.86. The Labute approximate surface area is 162 Å². The third-order valence-corrected chi connectivity index (χ3v) is 8.06. The number of fused-ring (bicyclic) bond motifs is 4. The standard InChI is InChI=1S/C24H30O3/c1-4-23-13-12-18(22(23,2)3)14-24(23)26-16-19(27-24)15-25-21-11-7-9-17-8-5-6-10-20(17)21/h5-11,18-19H,4,12-16H2,1-3H3/t18?,19-,23?,24?/m1/s1. The lowest BCUT2D eigenvalue weighted by Gasteiger charge is -2.47. The first-order valence-electron chi connectivity index (χ1n) is 10.4. The van der Waals surface area contributed by atoms with Gasteiger partial charge in [-0.3, -0.25) is 0 Å². The molecule has 3 unspecified atom stereocenters. The molecule has 5 rings (SSSR count). The van der Waals surface area contributed by atoms with Gasteiger partial charge in [-0.15, -0.1) is 0 Å². The summed E-state index contributed by atoms with van der Waals surface area (Å²) in [5.41, 5.74) is 0.423. The second-order valence-corrected chi connectivity index (χ2v) is 9.19. The molecule has 3 nitrogen and oxygen atoms in total. The fraction of sp³-hybridized carbons (Fsp3) is 0.583. The summed E-state index contributed by atoms with van der Waals surface area (Å²) in [4.78, 5) is 0. The van der Waals surface area contributed by atoms with Crippen LogP contribution in [-0.4, -0.2) is 25.1 Å². The highest BCUT2D eigenvalue weighted by Gasteiger charge is 2.73. The van der Waals surface area contributed by atoms with Crippen LogP contribution in [-0.2, 0) is 9.47 Å². The van der Waals surface area contributed by atoms with E-state index in [2.05, 4.69) is 57.2 Å². The van der Waals surface area contributed by atoms with Gasteiger partial charge in [-0.25, -0.2) is 0 Å². The Morgan fingerprint density at radius 1 is 1.11 bits per heavy atom. The summed E-state index contributed by atoms with van der Waals surface area (Å²) in [5, 5.41) is 2.36. The molecule has 2 bridgehead atoms. The molecule has 2 aromatic rings. The predicted octanol–water partition coefficient (Wildman–Crippen LogP) is 5.57. The number of hydrogen-bond donors (Lipinski definition) is 0. The Morgan fingerprint density at radius 2 is 1.93 bits per heavy atom. The van der Waals surface area contributed by atoms with Crippen LogP contribution in [0.15, 0.2) is 42.5 Å². The Morgan fingerprint density at radius 3 is 2.74 bits per heavy atom. The van der Waals surface area contributed by atoms with Crippen LogP contribution in [0.1, 0.15) is 46.5 Å². The molecule has 2 saturated carbocycles. The van der Waals surface area contributed by atoms with Crippen LogP contribution in [0.3, 0.4) is 0 Å². The maximum atomic E-state index is 6.66. The lowest BCUT2D eigenvalue weighted by molar-refractivity contribution is -0.253. The van der Waals surface area contributed by atoms with E-state index in [0.29, 0.717) is 19.1 Å². The maximum Gasteiger partial charge on any atom is 0.175 e. The summed E-state index contributed by atoms with van der Waals surface area (Å²) in [5.74, 6) is 1.23. The van der Waals surface area contributed by atoms with Gasteiger partial charge in [0.15, 0.2) is 5.79 Å². The summed E-state index contributed by atoms with van der Waals surface area (Å²) in [6.45, 7) is 8.34. The average molecular weight is 367 g/mol. The van der Waals surface area contributed by atoms with Crippen LogP contribution in [0.4, 0.5) is 0 Å². The number of ether oxygens (including phenoxy) is 3. The first-order chi connectivity index (χ1) is 13.0. The predicted molar refractivity (Wildman–Crippen MR) is 107 cm³/mol. The summed E-state index contributed by atoms with van der Waals surface area (Å²) in [6.07, 6.45) is 4.69. The van der Waals surface area contributed by atoms with Crippen molar-refractivity contribution >= 4 is 10.8 Å². The molecule has 1 saturated heterocycles. The second-order valence-electron chi connectivity index (χ2n) is 9.19. The zero-order valence-corrected chi connectivity index (χ0v) is 16.7. The third kappa shape index (κ3) is 2.28. The van der Waals surface area contributed by atoms with Gasteiger partial charge in [-0.1, -0.05) is 57.2 Å². The third-order valence-electron chi connectivity index (χ3n) is 8.06. The topological polar surface area (TPSA) is 27.7 Å². The van der Waals surface area contributed by atoms with Gasteiger partial charge < -0.3 is 14.2 Å². The van der Waals surface area contributed by atoms with E-state index in [1.165, 1.54) is 18.2 Å². The van der Waals surface area contributed by atoms with Gasteiger partial charge in [-0.2, -0.15) is 0 Å². The zero-order valence-electron chi connectivity index (χ0n) is 16.7. The van der Waals surface area contributed by atoms with Crippen molar-refractivity contribution in [3.8, 4) is 5.75 Å². The first-order valence-corrected chi connectivity index (χ1v) is 10.4. The van der Waals surface area contributed by atoms with Crippen molar-refractivity contribution in [2.45, 2.75) is 58.3 Å². The minimum atomic E-state index is -0.402. The van der Waals surface area contributed by atoms with Crippen molar-refractivity contribution in [1.82, 2.24) is 0 Å². The SMILES string of the molecule is CCC12CCC(CC13OC[C@@H](COc1cccc4ccccc14)O3)C2(C)C. The van der Waals surface area contributed by atoms with E-state index in [1.54, 1.807) is 0 Å². The van der Waals surface area contributed by atoms with Gasteiger partial charge in [0, 0.05) is 17.2 Å². The van der Waals surface area contributed by atoms with E-state index in [1.807, 2.05) is 6.07 Å². The molecule has 0 N–H and O–H groups in total. The van der Waals surface area contributed by atoms with E-state index < -0.39 is 5.79 Å². The van der Waals surface area contributed by atoms with Crippen LogP contribution >= 0.6 is 0 Å². The molecule has 1 aliphatic heterocycles. The second kappa shape index (κ2) is 5.96. The van der Waals surface area contributed by atoms with E-state index in [9.17, 15) is 0 Å². The van der Waals surface area contributed by atoms with Gasteiger partial charge in [0.2, 0.25) is 0 Å². The molecule has 3 heteroatoms. The van der Waals surface area contributed by atoms with Crippen LogP contribution in [0.5, 0.6) is 5.75 Å². The van der Waals surface area contributed by atoms with Gasteiger partial charge in [0.1, 0.15) is 18.5 Å². The molecule has 27 heavy (non-hydrogen) atoms. The Bertz CT molecular complexity index is 854. The molecule has 4 atom stereocenters. The van der Waals surface area contributed by atoms with E-state index in [-0.39, 0.29) is 16.9 Å². The van der Waals surface area contributed by atoms with Crippen molar-refractivity contribution in [2.24, 2.45) is 16.7 Å². The monoisotopic (exact) mass is 366 g/mol. The Balaban J connectivity index is 1.33. The highest BCUT2D eigenvalue weighted by Crippen LogP contribution is 2.73. The normalized spacial score (nSPS) is 36.7. The number of rotatable bonds is 4. The molecule has 1 heterocycles. The van der Waals surface area contributed by atoms with Crippen molar-refractivity contribution in [3.05, 3.63) is 42.5 Å². The van der Waals surface area contributed by atoms with E-state index in [4.69, 9.17) is 14.2 Å². The van der Waals surface area contributed by atoms with Crippen LogP contribution < -0.4 is 4.74 Å². The fourth-order valence-electron chi connectivity index (χ4n) is 6.46. The number of hydrogen-bond acceptors (Lipinski definition) is 3. The molecule has 0 amide bonds. The quantitative estimate of drug-likeness (QED) is 0.708. The summed E-state index contributed by atoms with van der Waals surface area (Å²) in [6, 6.07) is 14.6. The largest absolute Gasteiger partial charge is 0.490 e. The molecular weight excluding hydrogens is 336 g/mol. The number of benzene rings is 2. The van der Waals surface area contributed by atoms with Crippen LogP contribution in [0.2, 0.25) is 0 Å². The lowest BCUT2D eigenvalue weighted by atomic mass is 9.65. The molecule has 2 aliphatic carbocycles. The highest BCUT2D eigenvalue weighted by atomic mass is 16.8. The van der Waals surface area contributed by atoms with E-state index >= 15 is 0 Å². The maximum absolute atomic E-state index is 6.66. The molecule has 2 aromatic carbocycles. The molecule has 1 spiro atoms. The molecule has 3 fully saturated rings. The van der Waals surface area contributed by atoms with Crippen molar-refractivity contribution < 1.29 is 14.2 Å². The lowest BCUT2D eigenvalue weighted by Crippen LogP contribution is -2.50. The van der Waals surface area contributed by atoms with E-state index in [0.717, 1.165) is 24.0 Å². The first kappa shape index (κ1) is 17.5. The molecule has 144 valence electrons. The minimum absolute atomic E-state index is 0.00235. The van der Waals surface area contributed by atoms with Crippen molar-refractivity contribution in [1.29, 1.82) is 0 Å². The van der Waals surface area contributed by atoms with Crippen LogP contribution in [0.25, 0.3) is 10.8 Å². The van der Waals surface area contributed by atoms with Gasteiger partial charge in [0.25, 0.3) is 0 Å². The summed E-state index contributed by atoms with van der Waals surface area (Å²) < 4.78 is 19.3. The zero-order chi connectivity index (χ0) is 18.7. The average Bonchev–Trinajstić information content (AvgIpc) is 3.26. The highest BCUT2D eigenvalue weighted by molar-refractivity contribution is 5.88. The van der Waals surface area contributed by atoms with Crippen LogP contribution in [0, 0.1) is 16.7 Å². The van der Waals surface area contributed by atoms with Gasteiger partial charge in [-0.05, 0) is 42.0 Å². The Hall–Kier alpha value is -1.58. The molecular formula is C24H30O3.